The summed E-state index contributed by atoms with van der Waals surface area (Å²) in [7, 11) is 0. The number of thioether (sulfide) groups is 1. The van der Waals surface area contributed by atoms with Crippen molar-refractivity contribution in [3.63, 3.8) is 0 Å². The van der Waals surface area contributed by atoms with Crippen molar-refractivity contribution in [1.29, 1.82) is 0 Å². The SMILES string of the molecule is CC(C)CN1CCC(Sc2cccc(Cl)n2)CC1. The van der Waals surface area contributed by atoms with Crippen LogP contribution in [-0.4, -0.2) is 34.8 Å². The number of halogens is 1. The third-order valence-corrected chi connectivity index (χ3v) is 4.62. The molecule has 1 aromatic rings. The zero-order valence-electron chi connectivity index (χ0n) is 11.1. The fourth-order valence-corrected chi connectivity index (χ4v) is 3.66. The van der Waals surface area contributed by atoms with Crippen LogP contribution in [-0.2, 0) is 0 Å². The van der Waals surface area contributed by atoms with Crippen LogP contribution in [0.5, 0.6) is 0 Å². The summed E-state index contributed by atoms with van der Waals surface area (Å²) in [5, 5.41) is 2.35. The highest BCUT2D eigenvalue weighted by Gasteiger charge is 2.20. The summed E-state index contributed by atoms with van der Waals surface area (Å²) in [6, 6.07) is 5.86. The molecule has 0 spiro atoms. The van der Waals surface area contributed by atoms with Crippen LogP contribution in [0.15, 0.2) is 23.2 Å². The minimum atomic E-state index is 0.595. The number of pyridine rings is 1. The molecule has 2 rings (SSSR count). The van der Waals surface area contributed by atoms with Gasteiger partial charge in [-0.05, 0) is 44.0 Å². The molecule has 4 heteroatoms. The summed E-state index contributed by atoms with van der Waals surface area (Å²) in [4.78, 5) is 6.93. The molecule has 0 bridgehead atoms. The Morgan fingerprint density at radius 1 is 1.39 bits per heavy atom. The average molecular weight is 285 g/mol. The van der Waals surface area contributed by atoms with E-state index in [9.17, 15) is 0 Å². The average Bonchev–Trinajstić information content (AvgIpc) is 2.31. The van der Waals surface area contributed by atoms with Crippen LogP contribution < -0.4 is 0 Å². The smallest absolute Gasteiger partial charge is 0.130 e. The highest BCUT2D eigenvalue weighted by atomic mass is 35.5. The minimum absolute atomic E-state index is 0.595. The second kappa shape index (κ2) is 6.78. The van der Waals surface area contributed by atoms with Crippen LogP contribution >= 0.6 is 23.4 Å². The number of piperidine rings is 1. The highest BCUT2D eigenvalue weighted by Crippen LogP contribution is 2.29. The predicted octanol–water partition coefficient (Wildman–Crippen LogP) is 3.95. The van der Waals surface area contributed by atoms with E-state index < -0.39 is 0 Å². The Labute approximate surface area is 119 Å². The van der Waals surface area contributed by atoms with E-state index in [0.717, 1.165) is 10.9 Å². The van der Waals surface area contributed by atoms with E-state index in [1.807, 2.05) is 23.9 Å². The summed E-state index contributed by atoms with van der Waals surface area (Å²) in [5.41, 5.74) is 0. The van der Waals surface area contributed by atoms with Gasteiger partial charge < -0.3 is 4.90 Å². The van der Waals surface area contributed by atoms with Gasteiger partial charge >= 0.3 is 0 Å². The summed E-state index contributed by atoms with van der Waals surface area (Å²) < 4.78 is 0. The maximum atomic E-state index is 5.91. The largest absolute Gasteiger partial charge is 0.303 e. The first kappa shape index (κ1) is 14.2. The number of nitrogens with zero attached hydrogens (tertiary/aromatic N) is 2. The van der Waals surface area contributed by atoms with Crippen molar-refractivity contribution < 1.29 is 0 Å². The molecule has 1 aliphatic heterocycles. The molecular weight excluding hydrogens is 264 g/mol. The molecule has 100 valence electrons. The normalized spacial score (nSPS) is 18.4. The van der Waals surface area contributed by atoms with Crippen molar-refractivity contribution in [3.8, 4) is 0 Å². The van der Waals surface area contributed by atoms with Crippen molar-refractivity contribution in [2.75, 3.05) is 19.6 Å². The number of aromatic nitrogens is 1. The minimum Gasteiger partial charge on any atom is -0.303 e. The van der Waals surface area contributed by atoms with E-state index in [0.29, 0.717) is 10.4 Å². The molecule has 0 radical (unpaired) electrons. The van der Waals surface area contributed by atoms with Crippen molar-refractivity contribution in [1.82, 2.24) is 9.88 Å². The molecule has 0 unspecified atom stereocenters. The van der Waals surface area contributed by atoms with E-state index in [1.165, 1.54) is 32.5 Å². The summed E-state index contributed by atoms with van der Waals surface area (Å²) in [5.74, 6) is 0.767. The van der Waals surface area contributed by atoms with Gasteiger partial charge in [0.1, 0.15) is 5.15 Å². The van der Waals surface area contributed by atoms with Gasteiger partial charge in [-0.25, -0.2) is 4.98 Å². The Hall–Kier alpha value is -0.250. The molecule has 18 heavy (non-hydrogen) atoms. The van der Waals surface area contributed by atoms with E-state index >= 15 is 0 Å². The lowest BCUT2D eigenvalue weighted by atomic mass is 10.1. The number of hydrogen-bond donors (Lipinski definition) is 0. The molecule has 2 heterocycles. The second-order valence-corrected chi connectivity index (χ2v) is 7.02. The Morgan fingerprint density at radius 3 is 2.72 bits per heavy atom. The zero-order valence-corrected chi connectivity index (χ0v) is 12.7. The van der Waals surface area contributed by atoms with Gasteiger partial charge in [0.15, 0.2) is 0 Å². The van der Waals surface area contributed by atoms with Crippen LogP contribution in [0, 0.1) is 5.92 Å². The van der Waals surface area contributed by atoms with Gasteiger partial charge in [-0.1, -0.05) is 31.5 Å². The molecule has 2 nitrogen and oxygen atoms in total. The van der Waals surface area contributed by atoms with E-state index in [4.69, 9.17) is 11.6 Å². The molecule has 0 saturated carbocycles. The van der Waals surface area contributed by atoms with E-state index in [-0.39, 0.29) is 0 Å². The van der Waals surface area contributed by atoms with Gasteiger partial charge in [0.2, 0.25) is 0 Å². The number of likely N-dealkylation sites (tertiary alicyclic amines) is 1. The fourth-order valence-electron chi connectivity index (χ4n) is 2.35. The number of rotatable bonds is 4. The molecule has 1 aliphatic rings. The summed E-state index contributed by atoms with van der Waals surface area (Å²) in [6.45, 7) is 8.24. The van der Waals surface area contributed by atoms with Gasteiger partial charge in [0.05, 0.1) is 5.03 Å². The van der Waals surface area contributed by atoms with Crippen molar-refractivity contribution >= 4 is 23.4 Å². The van der Waals surface area contributed by atoms with Gasteiger partial charge in [-0.3, -0.25) is 0 Å². The van der Waals surface area contributed by atoms with Crippen molar-refractivity contribution in [2.45, 2.75) is 37.0 Å². The molecule has 0 aliphatic carbocycles. The van der Waals surface area contributed by atoms with Gasteiger partial charge in [-0.2, -0.15) is 0 Å². The van der Waals surface area contributed by atoms with Crippen LogP contribution in [0.4, 0.5) is 0 Å². The van der Waals surface area contributed by atoms with Gasteiger partial charge in [-0.15, -0.1) is 11.8 Å². The predicted molar refractivity (Wildman–Crippen MR) is 79.4 cm³/mol. The first-order valence-electron chi connectivity index (χ1n) is 6.65. The topological polar surface area (TPSA) is 16.1 Å². The van der Waals surface area contributed by atoms with Crippen LogP contribution in [0.2, 0.25) is 5.15 Å². The Bertz CT molecular complexity index is 376. The lowest BCUT2D eigenvalue weighted by molar-refractivity contribution is 0.209. The van der Waals surface area contributed by atoms with Crippen LogP contribution in [0.1, 0.15) is 26.7 Å². The summed E-state index contributed by atoms with van der Waals surface area (Å²) in [6.07, 6.45) is 2.51. The molecule has 0 aromatic carbocycles. The molecule has 0 atom stereocenters. The quantitative estimate of drug-likeness (QED) is 0.779. The Morgan fingerprint density at radius 2 is 2.11 bits per heavy atom. The second-order valence-electron chi connectivity index (χ2n) is 5.31. The molecular formula is C14H21ClN2S. The first-order valence-corrected chi connectivity index (χ1v) is 7.91. The van der Waals surface area contributed by atoms with E-state index in [1.54, 1.807) is 0 Å². The Balaban J connectivity index is 1.80. The lowest BCUT2D eigenvalue weighted by Gasteiger charge is -2.32. The number of hydrogen-bond acceptors (Lipinski definition) is 3. The third kappa shape index (κ3) is 4.45. The van der Waals surface area contributed by atoms with Crippen LogP contribution in [0.25, 0.3) is 0 Å². The molecule has 0 amide bonds. The molecule has 1 aromatic heterocycles. The maximum Gasteiger partial charge on any atom is 0.130 e. The summed E-state index contributed by atoms with van der Waals surface area (Å²) >= 11 is 7.79. The Kier molecular flexibility index (Phi) is 5.34. The van der Waals surface area contributed by atoms with Gasteiger partial charge in [0.25, 0.3) is 0 Å². The monoisotopic (exact) mass is 284 g/mol. The fraction of sp³-hybridized carbons (Fsp3) is 0.643. The van der Waals surface area contributed by atoms with E-state index in [2.05, 4.69) is 29.8 Å². The van der Waals surface area contributed by atoms with Crippen molar-refractivity contribution in [3.05, 3.63) is 23.4 Å². The standard InChI is InChI=1S/C14H21ClN2S/c1-11(2)10-17-8-6-12(7-9-17)18-14-5-3-4-13(15)16-14/h3-5,11-12H,6-10H2,1-2H3. The van der Waals surface area contributed by atoms with Crippen LogP contribution in [0.3, 0.4) is 0 Å². The van der Waals surface area contributed by atoms with Gasteiger partial charge in [0, 0.05) is 11.8 Å². The van der Waals surface area contributed by atoms with Crippen molar-refractivity contribution in [2.24, 2.45) is 5.92 Å². The molecule has 1 saturated heterocycles. The first-order chi connectivity index (χ1) is 8.63. The highest BCUT2D eigenvalue weighted by molar-refractivity contribution is 7.99. The maximum absolute atomic E-state index is 5.91. The molecule has 0 N–H and O–H groups in total. The zero-order chi connectivity index (χ0) is 13.0. The lowest BCUT2D eigenvalue weighted by Crippen LogP contribution is -2.37. The molecule has 1 fully saturated rings. The third-order valence-electron chi connectivity index (χ3n) is 3.13.